The molecule has 0 bridgehead atoms. The largest absolute Gasteiger partial charge is 0.394 e. The first-order valence-electron chi connectivity index (χ1n) is 21.3. The van der Waals surface area contributed by atoms with Crippen LogP contribution in [0, 0.1) is 0 Å². The van der Waals surface area contributed by atoms with Gasteiger partial charge in [0.05, 0.1) is 51.7 Å². The minimum absolute atomic E-state index is 0.764. The summed E-state index contributed by atoms with van der Waals surface area (Å²) in [7, 11) is 0. The molecule has 0 aromatic carbocycles. The Kier molecular flexibility index (Phi) is 19.4. The van der Waals surface area contributed by atoms with Crippen LogP contribution in [0.15, 0.2) is 0 Å². The standard InChI is InChI=1S/C36H64N2O29/c37-13-28(18(46)9(3-41)59-31(13)56)65-36-27(55)30(20(48)12(64-36)6-58-34-25(53)22(50)16(44)8(2-40)62-34)67-32-14(38)29(19(47)10(4-42)60-32)66-35-26(54)23(51)17(45)11(63-35)5-57-33-24(52)21(49)15(43)7(1-39)61-33/h7-36,39-56H,1-6,37-38H2/t7-,8-,9-,10-,11-,12-,13-,14-,15-,16-,17+,18+,19+,20+,21+,22+,23+,24-,25-,26-,27-,28-,29-,30+,31-,32+,33-,34-,35+,36+/m1/s1. The van der Waals surface area contributed by atoms with Crippen LogP contribution in [0.3, 0.4) is 0 Å². The van der Waals surface area contributed by atoms with E-state index < -0.39 is 224 Å². The van der Waals surface area contributed by atoms with Crippen molar-refractivity contribution in [3.05, 3.63) is 0 Å². The SMILES string of the molecule is N[C@@H]1[C@@H](O[C@@H]2O[C@H](CO[C@@H]3O[C@H](CO)[C@@H](O)[C@H](O)[C@H]3O)[C@H](O)[C@H](O[C@@H]3O[C@H](CO)[C@H](O)[C@H](O[C@@H]4O[C@H](CO[C@@H]5O[C@H](CO)[C@@H](O)[C@H](O)[C@H]5O)[C@H](O)[C@H](O)[C@H]4O)[C@H]3N)[C@H]2O)[C@@H](O)[C@@H](CO)O[C@H]1O. The van der Waals surface area contributed by atoms with Crippen molar-refractivity contribution >= 4 is 0 Å². The number of ether oxygens (including phenoxy) is 11. The van der Waals surface area contributed by atoms with Crippen molar-refractivity contribution < 1.29 is 144 Å². The molecule has 0 radical (unpaired) electrons. The van der Waals surface area contributed by atoms with Gasteiger partial charge in [-0.3, -0.25) is 0 Å². The average Bonchev–Trinajstić information content (AvgIpc) is 3.31. The van der Waals surface area contributed by atoms with Gasteiger partial charge in [0.15, 0.2) is 37.7 Å². The second-order valence-corrected chi connectivity index (χ2v) is 17.0. The van der Waals surface area contributed by atoms with E-state index in [2.05, 4.69) is 0 Å². The fraction of sp³-hybridized carbons (Fsp3) is 1.00. The number of aliphatic hydroxyl groups is 18. The maximum atomic E-state index is 11.7. The quantitative estimate of drug-likeness (QED) is 0.0683. The molecule has 392 valence electrons. The summed E-state index contributed by atoms with van der Waals surface area (Å²) in [5.41, 5.74) is 12.5. The van der Waals surface area contributed by atoms with Crippen LogP contribution >= 0.6 is 0 Å². The normalized spacial score (nSPS) is 53.4. The van der Waals surface area contributed by atoms with Crippen molar-refractivity contribution in [1.29, 1.82) is 0 Å². The van der Waals surface area contributed by atoms with Gasteiger partial charge in [-0.05, 0) is 0 Å². The highest BCUT2D eigenvalue weighted by atomic mass is 16.8. The predicted molar refractivity (Wildman–Crippen MR) is 203 cm³/mol. The third kappa shape index (κ3) is 11.5. The summed E-state index contributed by atoms with van der Waals surface area (Å²) >= 11 is 0. The molecule has 67 heavy (non-hydrogen) atoms. The van der Waals surface area contributed by atoms with Gasteiger partial charge in [-0.1, -0.05) is 0 Å². The summed E-state index contributed by atoms with van der Waals surface area (Å²) in [5, 5.41) is 189. The van der Waals surface area contributed by atoms with E-state index in [0.29, 0.717) is 0 Å². The summed E-state index contributed by atoms with van der Waals surface area (Å²) in [6, 6.07) is -3.31. The third-order valence-electron chi connectivity index (χ3n) is 12.6. The molecule has 0 unspecified atom stereocenters. The zero-order valence-electron chi connectivity index (χ0n) is 35.3. The maximum Gasteiger partial charge on any atom is 0.187 e. The number of rotatable bonds is 16. The molecule has 30 atom stereocenters. The zero-order valence-corrected chi connectivity index (χ0v) is 35.3. The van der Waals surface area contributed by atoms with Crippen LogP contribution < -0.4 is 11.5 Å². The zero-order chi connectivity index (χ0) is 49.3. The third-order valence-corrected chi connectivity index (χ3v) is 12.6. The van der Waals surface area contributed by atoms with Crippen molar-refractivity contribution in [3.8, 4) is 0 Å². The van der Waals surface area contributed by atoms with Crippen molar-refractivity contribution in [2.24, 2.45) is 11.5 Å². The first-order valence-corrected chi connectivity index (χ1v) is 21.3. The lowest BCUT2D eigenvalue weighted by atomic mass is 9.94. The topological polar surface area (TPSA) is 518 Å². The van der Waals surface area contributed by atoms with Gasteiger partial charge in [0.2, 0.25) is 0 Å². The number of nitrogens with two attached hydrogens (primary N) is 2. The molecule has 0 amide bonds. The van der Waals surface area contributed by atoms with Gasteiger partial charge in [-0.15, -0.1) is 0 Å². The molecule has 22 N–H and O–H groups in total. The minimum Gasteiger partial charge on any atom is -0.394 e. The van der Waals surface area contributed by atoms with E-state index in [0.717, 1.165) is 0 Å². The second kappa shape index (κ2) is 23.5. The molecule has 6 fully saturated rings. The first-order chi connectivity index (χ1) is 31.7. The van der Waals surface area contributed by atoms with Crippen LogP contribution in [0.5, 0.6) is 0 Å². The van der Waals surface area contributed by atoms with Crippen molar-refractivity contribution in [2.75, 3.05) is 39.6 Å². The van der Waals surface area contributed by atoms with E-state index in [4.69, 9.17) is 63.6 Å². The van der Waals surface area contributed by atoms with Gasteiger partial charge in [-0.25, -0.2) is 0 Å². The molecule has 6 heterocycles. The van der Waals surface area contributed by atoms with E-state index in [1.54, 1.807) is 0 Å². The molecule has 31 heteroatoms. The Bertz CT molecular complexity index is 1520. The fourth-order valence-corrected chi connectivity index (χ4v) is 8.39. The van der Waals surface area contributed by atoms with Crippen LogP contribution in [0.25, 0.3) is 0 Å². The highest BCUT2D eigenvalue weighted by Crippen LogP contribution is 2.35. The Labute approximate surface area is 379 Å². The average molecular weight is 989 g/mol. The lowest BCUT2D eigenvalue weighted by Gasteiger charge is -2.49. The summed E-state index contributed by atoms with van der Waals surface area (Å²) in [4.78, 5) is 0. The molecule has 31 nitrogen and oxygen atoms in total. The van der Waals surface area contributed by atoms with Gasteiger partial charge in [0, 0.05) is 0 Å². The number of hydrogen-bond acceptors (Lipinski definition) is 31. The van der Waals surface area contributed by atoms with E-state index in [1.807, 2.05) is 0 Å². The van der Waals surface area contributed by atoms with Crippen molar-refractivity contribution in [2.45, 2.75) is 184 Å². The minimum atomic E-state index is -2.15. The van der Waals surface area contributed by atoms with Gasteiger partial charge in [-0.2, -0.15) is 0 Å². The van der Waals surface area contributed by atoms with Gasteiger partial charge in [0.1, 0.15) is 134 Å². The Morgan fingerprint density at radius 3 is 1.07 bits per heavy atom. The van der Waals surface area contributed by atoms with E-state index in [-0.39, 0.29) is 0 Å². The summed E-state index contributed by atoms with van der Waals surface area (Å²) in [6.45, 7) is -5.03. The summed E-state index contributed by atoms with van der Waals surface area (Å²) < 4.78 is 61.5. The fourth-order valence-electron chi connectivity index (χ4n) is 8.39. The van der Waals surface area contributed by atoms with Gasteiger partial charge < -0.3 is 155 Å². The first kappa shape index (κ1) is 55.1. The molecular formula is C36H64N2O29. The molecule has 0 aromatic heterocycles. The van der Waals surface area contributed by atoms with Crippen molar-refractivity contribution in [3.63, 3.8) is 0 Å². The number of aliphatic hydroxyl groups excluding tert-OH is 18. The van der Waals surface area contributed by atoms with Crippen LogP contribution in [-0.4, -0.2) is 316 Å². The van der Waals surface area contributed by atoms with Crippen molar-refractivity contribution in [1.82, 2.24) is 0 Å². The van der Waals surface area contributed by atoms with Crippen LogP contribution in [-0.2, 0) is 52.1 Å². The van der Waals surface area contributed by atoms with E-state index >= 15 is 0 Å². The monoisotopic (exact) mass is 988 g/mol. The molecule has 0 aliphatic carbocycles. The highest BCUT2D eigenvalue weighted by Gasteiger charge is 2.56. The smallest absolute Gasteiger partial charge is 0.187 e. The molecular weight excluding hydrogens is 924 g/mol. The number of hydrogen-bond donors (Lipinski definition) is 20. The predicted octanol–water partition coefficient (Wildman–Crippen LogP) is -14.2. The molecule has 0 aromatic rings. The second-order valence-electron chi connectivity index (χ2n) is 17.0. The molecule has 6 aliphatic heterocycles. The highest BCUT2D eigenvalue weighted by molar-refractivity contribution is 5.00. The van der Waals surface area contributed by atoms with Crippen LogP contribution in [0.1, 0.15) is 0 Å². The molecule has 6 aliphatic rings. The van der Waals surface area contributed by atoms with Crippen LogP contribution in [0.2, 0.25) is 0 Å². The van der Waals surface area contributed by atoms with Gasteiger partial charge >= 0.3 is 0 Å². The lowest BCUT2D eigenvalue weighted by molar-refractivity contribution is -0.378. The Hall–Kier alpha value is -1.24. The summed E-state index contributed by atoms with van der Waals surface area (Å²) in [5.74, 6) is 0. The lowest BCUT2D eigenvalue weighted by Crippen LogP contribution is -2.69. The Morgan fingerprint density at radius 2 is 0.612 bits per heavy atom. The summed E-state index contributed by atoms with van der Waals surface area (Å²) in [6.07, 6.45) is -51.0. The molecule has 6 saturated heterocycles. The van der Waals surface area contributed by atoms with Crippen LogP contribution in [0.4, 0.5) is 0 Å². The maximum absolute atomic E-state index is 11.7. The van der Waals surface area contributed by atoms with Gasteiger partial charge in [0.25, 0.3) is 0 Å². The molecule has 0 saturated carbocycles. The van der Waals surface area contributed by atoms with E-state index in [1.165, 1.54) is 0 Å². The molecule has 0 spiro atoms. The Balaban J connectivity index is 1.20. The Morgan fingerprint density at radius 1 is 0.299 bits per heavy atom. The van der Waals surface area contributed by atoms with E-state index in [9.17, 15) is 91.9 Å². The molecule has 6 rings (SSSR count).